The van der Waals surface area contributed by atoms with E-state index in [4.69, 9.17) is 9.47 Å². The standard InChI is InChI=1S/C29H35N9O7S/c1-6-44-27(40)24-22(18-38(34-24)19-7-9-20(10-8-19)46(42,43)30-5)32-26(39)21-17-31-37-12-11-23(33-25(21)37)35-13-15-36(16-14-35)28(41)45-29(2,3)4/h7-12,17-18,30H,6,13-16H2,1-5H3,(H,32,39). The van der Waals surface area contributed by atoms with Crippen LogP contribution in [-0.2, 0) is 19.5 Å². The molecule has 1 aromatic carbocycles. The molecular formula is C29H35N9O7S. The minimum Gasteiger partial charge on any atom is -0.461 e. The van der Waals surface area contributed by atoms with Crippen LogP contribution in [0.25, 0.3) is 11.3 Å². The molecule has 1 saturated heterocycles. The number of amides is 2. The fourth-order valence-corrected chi connectivity index (χ4v) is 5.40. The highest BCUT2D eigenvalue weighted by atomic mass is 32.2. The summed E-state index contributed by atoms with van der Waals surface area (Å²) in [6, 6.07) is 7.60. The van der Waals surface area contributed by atoms with E-state index in [2.05, 4.69) is 25.2 Å². The van der Waals surface area contributed by atoms with Gasteiger partial charge in [0, 0.05) is 32.4 Å². The molecule has 244 valence electrons. The number of esters is 1. The van der Waals surface area contributed by atoms with Gasteiger partial charge in [0.1, 0.15) is 17.0 Å². The lowest BCUT2D eigenvalue weighted by molar-refractivity contribution is 0.0240. The van der Waals surface area contributed by atoms with E-state index in [1.165, 1.54) is 52.9 Å². The number of rotatable bonds is 8. The number of hydrogen-bond donors (Lipinski definition) is 2. The van der Waals surface area contributed by atoms with Crippen LogP contribution in [0.3, 0.4) is 0 Å². The number of nitrogens with zero attached hydrogens (tertiary/aromatic N) is 7. The van der Waals surface area contributed by atoms with Gasteiger partial charge in [0.25, 0.3) is 5.91 Å². The maximum absolute atomic E-state index is 13.5. The zero-order chi connectivity index (χ0) is 33.2. The molecule has 0 aliphatic carbocycles. The predicted octanol–water partition coefficient (Wildman–Crippen LogP) is 2.31. The number of sulfonamides is 1. The Balaban J connectivity index is 1.37. The first-order valence-electron chi connectivity index (χ1n) is 14.5. The zero-order valence-corrected chi connectivity index (χ0v) is 26.9. The lowest BCUT2D eigenvalue weighted by atomic mass is 10.2. The Kier molecular flexibility index (Phi) is 8.98. The maximum atomic E-state index is 13.5. The summed E-state index contributed by atoms with van der Waals surface area (Å²) in [6.07, 6.45) is 4.13. The van der Waals surface area contributed by atoms with Crippen LogP contribution in [0.2, 0.25) is 0 Å². The normalized spacial score (nSPS) is 13.9. The van der Waals surface area contributed by atoms with Crippen LogP contribution in [0.1, 0.15) is 48.5 Å². The highest BCUT2D eigenvalue weighted by Gasteiger charge is 2.27. The number of fused-ring (bicyclic) bond motifs is 1. The number of carbonyl (C=O) groups is 3. The van der Waals surface area contributed by atoms with Crippen molar-refractivity contribution < 1.29 is 32.3 Å². The first-order chi connectivity index (χ1) is 21.8. The lowest BCUT2D eigenvalue weighted by Gasteiger charge is -2.36. The molecule has 0 saturated carbocycles. The van der Waals surface area contributed by atoms with E-state index < -0.39 is 27.5 Å². The minimum atomic E-state index is -3.65. The van der Waals surface area contributed by atoms with Crippen LogP contribution >= 0.6 is 0 Å². The SMILES string of the molecule is CCOC(=O)c1nn(-c2ccc(S(=O)(=O)NC)cc2)cc1NC(=O)c1cnn2ccc(N3CCN(C(=O)OC(C)(C)C)CC3)nc12. The van der Waals surface area contributed by atoms with E-state index in [0.29, 0.717) is 37.7 Å². The summed E-state index contributed by atoms with van der Waals surface area (Å²) in [7, 11) is -2.34. The van der Waals surface area contributed by atoms with E-state index in [0.717, 1.165) is 0 Å². The van der Waals surface area contributed by atoms with Crippen molar-refractivity contribution in [2.24, 2.45) is 0 Å². The van der Waals surface area contributed by atoms with Crippen LogP contribution in [-0.4, -0.2) is 101 Å². The van der Waals surface area contributed by atoms with Crippen LogP contribution in [0.15, 0.2) is 53.8 Å². The van der Waals surface area contributed by atoms with Crippen molar-refractivity contribution in [3.8, 4) is 5.69 Å². The third-order valence-electron chi connectivity index (χ3n) is 6.97. The number of carbonyl (C=O) groups excluding carboxylic acids is 3. The smallest absolute Gasteiger partial charge is 0.410 e. The number of aromatic nitrogens is 5. The van der Waals surface area contributed by atoms with Gasteiger partial charge < -0.3 is 24.6 Å². The highest BCUT2D eigenvalue weighted by Crippen LogP contribution is 2.23. The molecule has 0 bridgehead atoms. The molecule has 1 aliphatic heterocycles. The monoisotopic (exact) mass is 653 g/mol. The fourth-order valence-electron chi connectivity index (χ4n) is 4.67. The summed E-state index contributed by atoms with van der Waals surface area (Å²) in [4.78, 5) is 47.2. The minimum absolute atomic E-state index is 0.0509. The molecule has 4 aromatic rings. The Labute approximate surface area is 265 Å². The molecule has 46 heavy (non-hydrogen) atoms. The molecule has 0 unspecified atom stereocenters. The Bertz CT molecular complexity index is 1870. The average Bonchev–Trinajstić information content (AvgIpc) is 3.65. The highest BCUT2D eigenvalue weighted by molar-refractivity contribution is 7.89. The Hall–Kier alpha value is -5.03. The predicted molar refractivity (Wildman–Crippen MR) is 167 cm³/mol. The lowest BCUT2D eigenvalue weighted by Crippen LogP contribution is -2.50. The number of anilines is 2. The van der Waals surface area contributed by atoms with Gasteiger partial charge in [0.15, 0.2) is 11.3 Å². The van der Waals surface area contributed by atoms with Gasteiger partial charge in [-0.3, -0.25) is 4.79 Å². The van der Waals surface area contributed by atoms with Crippen LogP contribution in [0.4, 0.5) is 16.3 Å². The number of benzene rings is 1. The van der Waals surface area contributed by atoms with Gasteiger partial charge in [-0.25, -0.2) is 36.9 Å². The van der Waals surface area contributed by atoms with Gasteiger partial charge in [0.05, 0.1) is 35.3 Å². The third kappa shape index (κ3) is 6.94. The van der Waals surface area contributed by atoms with Crippen molar-refractivity contribution in [2.45, 2.75) is 38.2 Å². The molecule has 1 aliphatic rings. The van der Waals surface area contributed by atoms with E-state index in [-0.39, 0.29) is 40.2 Å². The van der Waals surface area contributed by atoms with Crippen molar-refractivity contribution in [3.05, 3.63) is 60.2 Å². The molecule has 2 amide bonds. The molecule has 0 spiro atoms. The number of nitrogens with one attached hydrogen (secondary N) is 2. The fraction of sp³-hybridized carbons (Fsp3) is 0.379. The van der Waals surface area contributed by atoms with Crippen molar-refractivity contribution in [1.82, 2.24) is 34.0 Å². The van der Waals surface area contributed by atoms with Crippen molar-refractivity contribution in [1.29, 1.82) is 0 Å². The molecule has 0 radical (unpaired) electrons. The van der Waals surface area contributed by atoms with Crippen molar-refractivity contribution in [2.75, 3.05) is 50.1 Å². The zero-order valence-electron chi connectivity index (χ0n) is 26.1. The van der Waals surface area contributed by atoms with Gasteiger partial charge in [-0.15, -0.1) is 0 Å². The van der Waals surface area contributed by atoms with Gasteiger partial charge in [-0.05, 0) is 65.1 Å². The quantitative estimate of drug-likeness (QED) is 0.266. The van der Waals surface area contributed by atoms with E-state index in [1.54, 1.807) is 24.1 Å². The van der Waals surface area contributed by atoms with Gasteiger partial charge >= 0.3 is 12.1 Å². The Morgan fingerprint density at radius 1 is 1.02 bits per heavy atom. The van der Waals surface area contributed by atoms with E-state index in [1.807, 2.05) is 25.7 Å². The van der Waals surface area contributed by atoms with Gasteiger partial charge in [-0.2, -0.15) is 10.2 Å². The van der Waals surface area contributed by atoms with Crippen LogP contribution < -0.4 is 14.9 Å². The summed E-state index contributed by atoms with van der Waals surface area (Å²) >= 11 is 0. The first-order valence-corrected chi connectivity index (χ1v) is 16.0. The van der Waals surface area contributed by atoms with Crippen molar-refractivity contribution in [3.63, 3.8) is 0 Å². The molecule has 16 nitrogen and oxygen atoms in total. The molecule has 3 aromatic heterocycles. The van der Waals surface area contributed by atoms with Crippen LogP contribution in [0, 0.1) is 0 Å². The molecule has 0 atom stereocenters. The average molecular weight is 654 g/mol. The second-order valence-electron chi connectivity index (χ2n) is 11.3. The Morgan fingerprint density at radius 3 is 2.35 bits per heavy atom. The van der Waals surface area contributed by atoms with Crippen LogP contribution in [0.5, 0.6) is 0 Å². The van der Waals surface area contributed by atoms with E-state index in [9.17, 15) is 22.8 Å². The molecule has 5 rings (SSSR count). The number of ether oxygens (including phenoxy) is 2. The summed E-state index contributed by atoms with van der Waals surface area (Å²) in [6.45, 7) is 9.13. The topological polar surface area (TPSA) is 182 Å². The first kappa shape index (κ1) is 32.4. The Morgan fingerprint density at radius 2 is 1.72 bits per heavy atom. The second-order valence-corrected chi connectivity index (χ2v) is 13.2. The van der Waals surface area contributed by atoms with Gasteiger partial charge in [-0.1, -0.05) is 0 Å². The van der Waals surface area contributed by atoms with Gasteiger partial charge in [0.2, 0.25) is 10.0 Å². The summed E-state index contributed by atoms with van der Waals surface area (Å²) < 4.78 is 39.9. The number of piperazine rings is 1. The molecular weight excluding hydrogens is 618 g/mol. The molecule has 17 heteroatoms. The molecule has 1 fully saturated rings. The summed E-state index contributed by atoms with van der Waals surface area (Å²) in [5.74, 6) is -0.735. The summed E-state index contributed by atoms with van der Waals surface area (Å²) in [5, 5.41) is 11.3. The molecule has 4 heterocycles. The maximum Gasteiger partial charge on any atom is 0.410 e. The molecule has 2 N–H and O–H groups in total. The largest absolute Gasteiger partial charge is 0.461 e. The van der Waals surface area contributed by atoms with Crippen molar-refractivity contribution >= 4 is 45.1 Å². The summed E-state index contributed by atoms with van der Waals surface area (Å²) in [5.41, 5.74) is 0.224. The van der Waals surface area contributed by atoms with E-state index >= 15 is 0 Å². The number of hydrogen-bond acceptors (Lipinski definition) is 11. The second kappa shape index (κ2) is 12.8. The third-order valence-corrected chi connectivity index (χ3v) is 8.40.